The zero-order valence-electron chi connectivity index (χ0n) is 26.8. The molecule has 0 heterocycles. The van der Waals surface area contributed by atoms with Gasteiger partial charge in [0.2, 0.25) is 11.8 Å². The van der Waals surface area contributed by atoms with E-state index in [2.05, 4.69) is 5.32 Å². The number of rotatable bonds is 16. The third-order valence-electron chi connectivity index (χ3n) is 7.42. The lowest BCUT2D eigenvalue weighted by Crippen LogP contribution is -2.53. The van der Waals surface area contributed by atoms with Gasteiger partial charge in [-0.2, -0.15) is 0 Å². The number of ether oxygens (including phenoxy) is 2. The number of hydrogen-bond donors (Lipinski definition) is 1. The maximum atomic E-state index is 14.6. The van der Waals surface area contributed by atoms with Crippen LogP contribution in [0.5, 0.6) is 11.5 Å². The Morgan fingerprint density at radius 3 is 2.23 bits per heavy atom. The highest BCUT2D eigenvalue weighted by atomic mass is 35.5. The third kappa shape index (κ3) is 9.27. The van der Waals surface area contributed by atoms with Gasteiger partial charge in [0, 0.05) is 24.5 Å². The van der Waals surface area contributed by atoms with Crippen LogP contribution in [-0.2, 0) is 32.6 Å². The smallest absolute Gasteiger partial charge is 0.264 e. The van der Waals surface area contributed by atoms with E-state index < -0.39 is 28.5 Å². The zero-order valence-corrected chi connectivity index (χ0v) is 28.3. The number of anilines is 1. The minimum absolute atomic E-state index is 0.0228. The third-order valence-corrected chi connectivity index (χ3v) is 9.45. The number of amides is 2. The first kappa shape index (κ1) is 35.3. The number of para-hydroxylation sites is 2. The SMILES string of the molecule is CCCNC(=O)[C@H](Cc1ccccc1)N(Cc1cccc(OC)c1)C(=O)CN(c1ccccc1OCC)S(=O)(=O)c1ccc(Cl)cc1. The van der Waals surface area contributed by atoms with Crippen LogP contribution in [0.1, 0.15) is 31.4 Å². The summed E-state index contributed by atoms with van der Waals surface area (Å²) >= 11 is 6.08. The molecule has 9 nitrogen and oxygen atoms in total. The van der Waals surface area contributed by atoms with Crippen molar-refractivity contribution in [3.63, 3.8) is 0 Å². The van der Waals surface area contributed by atoms with Gasteiger partial charge in [-0.1, -0.05) is 73.1 Å². The summed E-state index contributed by atoms with van der Waals surface area (Å²) in [6.07, 6.45) is 0.917. The molecule has 0 saturated carbocycles. The van der Waals surface area contributed by atoms with Gasteiger partial charge in [-0.05, 0) is 73.0 Å². The molecule has 0 spiro atoms. The van der Waals surface area contributed by atoms with Crippen LogP contribution in [0.2, 0.25) is 5.02 Å². The summed E-state index contributed by atoms with van der Waals surface area (Å²) < 4.78 is 40.9. The molecule has 0 fully saturated rings. The molecule has 11 heteroatoms. The van der Waals surface area contributed by atoms with Gasteiger partial charge >= 0.3 is 0 Å². The molecule has 0 saturated heterocycles. The van der Waals surface area contributed by atoms with Gasteiger partial charge in [0.05, 0.1) is 24.3 Å². The molecule has 4 aromatic carbocycles. The summed E-state index contributed by atoms with van der Waals surface area (Å²) in [6, 6.07) is 28.0. The van der Waals surface area contributed by atoms with E-state index in [9.17, 15) is 18.0 Å². The molecular formula is C36H40ClN3O6S. The van der Waals surface area contributed by atoms with Crippen molar-refractivity contribution in [3.8, 4) is 11.5 Å². The number of halogens is 1. The minimum Gasteiger partial charge on any atom is -0.497 e. The zero-order chi connectivity index (χ0) is 33.8. The van der Waals surface area contributed by atoms with Gasteiger partial charge in [0.25, 0.3) is 10.0 Å². The summed E-state index contributed by atoms with van der Waals surface area (Å²) in [5.74, 6) is -0.0400. The van der Waals surface area contributed by atoms with Crippen LogP contribution >= 0.6 is 11.6 Å². The number of nitrogens with zero attached hydrogens (tertiary/aromatic N) is 2. The molecule has 0 aromatic heterocycles. The Kier molecular flexibility index (Phi) is 12.7. The topological polar surface area (TPSA) is 105 Å². The van der Waals surface area contributed by atoms with Gasteiger partial charge in [-0.15, -0.1) is 0 Å². The molecule has 248 valence electrons. The van der Waals surface area contributed by atoms with Crippen molar-refractivity contribution in [2.24, 2.45) is 0 Å². The number of hydrogen-bond acceptors (Lipinski definition) is 6. The van der Waals surface area contributed by atoms with Crippen molar-refractivity contribution in [2.45, 2.75) is 44.2 Å². The van der Waals surface area contributed by atoms with Crippen molar-refractivity contribution in [3.05, 3.63) is 119 Å². The first-order valence-corrected chi connectivity index (χ1v) is 17.2. The molecule has 0 aliphatic heterocycles. The summed E-state index contributed by atoms with van der Waals surface area (Å²) in [6.45, 7) is 3.85. The summed E-state index contributed by atoms with van der Waals surface area (Å²) in [4.78, 5) is 29.9. The van der Waals surface area contributed by atoms with Gasteiger partial charge in [-0.3, -0.25) is 13.9 Å². The lowest BCUT2D eigenvalue weighted by Gasteiger charge is -2.34. The van der Waals surface area contributed by atoms with Gasteiger partial charge in [0.15, 0.2) is 0 Å². The number of benzene rings is 4. The van der Waals surface area contributed by atoms with Crippen LogP contribution in [0.4, 0.5) is 5.69 Å². The van der Waals surface area contributed by atoms with Gasteiger partial charge in [-0.25, -0.2) is 8.42 Å². The van der Waals surface area contributed by atoms with Crippen LogP contribution in [0, 0.1) is 0 Å². The van der Waals surface area contributed by atoms with Crippen molar-refractivity contribution in [1.82, 2.24) is 10.2 Å². The van der Waals surface area contributed by atoms with E-state index in [1.165, 1.54) is 29.2 Å². The van der Waals surface area contributed by atoms with E-state index in [0.29, 0.717) is 35.1 Å². The molecule has 4 rings (SSSR count). The predicted octanol–water partition coefficient (Wildman–Crippen LogP) is 6.11. The van der Waals surface area contributed by atoms with Crippen LogP contribution in [0.25, 0.3) is 0 Å². The van der Waals surface area contributed by atoms with E-state index >= 15 is 0 Å². The molecule has 4 aromatic rings. The fourth-order valence-electron chi connectivity index (χ4n) is 5.08. The monoisotopic (exact) mass is 677 g/mol. The maximum Gasteiger partial charge on any atom is 0.264 e. The average Bonchev–Trinajstić information content (AvgIpc) is 3.08. The van der Waals surface area contributed by atoms with Crippen molar-refractivity contribution >= 4 is 39.1 Å². The highest BCUT2D eigenvalue weighted by Gasteiger charge is 2.35. The fourth-order valence-corrected chi connectivity index (χ4v) is 6.63. The molecule has 0 bridgehead atoms. The average molecular weight is 678 g/mol. The Balaban J connectivity index is 1.84. The van der Waals surface area contributed by atoms with E-state index in [4.69, 9.17) is 21.1 Å². The fraction of sp³-hybridized carbons (Fsp3) is 0.278. The second-order valence-corrected chi connectivity index (χ2v) is 13.0. The highest BCUT2D eigenvalue weighted by molar-refractivity contribution is 7.92. The molecule has 47 heavy (non-hydrogen) atoms. The van der Waals surface area contributed by atoms with Crippen molar-refractivity contribution in [1.29, 1.82) is 0 Å². The van der Waals surface area contributed by atoms with Crippen LogP contribution < -0.4 is 19.1 Å². The number of nitrogens with one attached hydrogen (secondary N) is 1. The number of carbonyl (C=O) groups excluding carboxylic acids is 2. The first-order chi connectivity index (χ1) is 22.7. The van der Waals surface area contributed by atoms with E-state index in [0.717, 1.165) is 9.87 Å². The van der Waals surface area contributed by atoms with Crippen molar-refractivity contribution < 1.29 is 27.5 Å². The van der Waals surface area contributed by atoms with Crippen molar-refractivity contribution in [2.75, 3.05) is 31.1 Å². The molecule has 0 unspecified atom stereocenters. The van der Waals surface area contributed by atoms with Crippen LogP contribution in [0.15, 0.2) is 108 Å². The molecule has 1 N–H and O–H groups in total. The molecule has 0 aliphatic carbocycles. The normalized spacial score (nSPS) is 11.7. The van der Waals surface area contributed by atoms with E-state index in [-0.39, 0.29) is 36.1 Å². The molecule has 0 aliphatic rings. The van der Waals surface area contributed by atoms with E-state index in [1.54, 1.807) is 56.5 Å². The molecule has 0 radical (unpaired) electrons. The second kappa shape index (κ2) is 16.9. The number of carbonyl (C=O) groups is 2. The predicted molar refractivity (Wildman–Crippen MR) is 184 cm³/mol. The molecular weight excluding hydrogens is 638 g/mol. The Labute approximate surface area is 282 Å². The Bertz CT molecular complexity index is 1740. The highest BCUT2D eigenvalue weighted by Crippen LogP contribution is 2.33. The number of sulfonamides is 1. The maximum absolute atomic E-state index is 14.6. The molecule has 1 atom stereocenters. The Morgan fingerprint density at radius 2 is 1.55 bits per heavy atom. The summed E-state index contributed by atoms with van der Waals surface area (Å²) in [7, 11) is -2.77. The first-order valence-electron chi connectivity index (χ1n) is 15.4. The van der Waals surface area contributed by atoms with Crippen LogP contribution in [-0.4, -0.2) is 58.0 Å². The molecule has 2 amide bonds. The largest absolute Gasteiger partial charge is 0.497 e. The summed E-state index contributed by atoms with van der Waals surface area (Å²) in [5, 5.41) is 3.31. The Morgan fingerprint density at radius 1 is 0.872 bits per heavy atom. The quantitative estimate of drug-likeness (QED) is 0.154. The minimum atomic E-state index is -4.32. The summed E-state index contributed by atoms with van der Waals surface area (Å²) in [5.41, 5.74) is 1.75. The van der Waals surface area contributed by atoms with Gasteiger partial charge < -0.3 is 19.7 Å². The second-order valence-electron chi connectivity index (χ2n) is 10.7. The van der Waals surface area contributed by atoms with Crippen LogP contribution in [0.3, 0.4) is 0 Å². The number of methoxy groups -OCH3 is 1. The lowest BCUT2D eigenvalue weighted by atomic mass is 10.0. The van der Waals surface area contributed by atoms with Gasteiger partial charge in [0.1, 0.15) is 24.1 Å². The Hall–Kier alpha value is -4.54. The van der Waals surface area contributed by atoms with E-state index in [1.807, 2.05) is 43.3 Å². The standard InChI is InChI=1S/C36H40ClN3O6S/c1-4-22-38-36(42)33(24-27-12-7-6-8-13-27)39(25-28-14-11-15-30(23-28)45-3)35(41)26-40(32-16-9-10-17-34(32)46-5-2)47(43,44)31-20-18-29(37)19-21-31/h6-21,23,33H,4-5,22,24-26H2,1-3H3,(H,38,42)/t33-/m0/s1. The lowest BCUT2D eigenvalue weighted by molar-refractivity contribution is -0.140.